The summed E-state index contributed by atoms with van der Waals surface area (Å²) >= 11 is 0. The summed E-state index contributed by atoms with van der Waals surface area (Å²) in [5.41, 5.74) is 5.90. The van der Waals surface area contributed by atoms with Crippen molar-refractivity contribution in [1.29, 1.82) is 0 Å². The summed E-state index contributed by atoms with van der Waals surface area (Å²) in [5, 5.41) is 0. The van der Waals surface area contributed by atoms with Crippen LogP contribution in [0.25, 0.3) is 0 Å². The molecule has 0 aliphatic carbocycles. The molecule has 0 spiro atoms. The molecule has 0 atom stereocenters. The van der Waals surface area contributed by atoms with Gasteiger partial charge in [0.15, 0.2) is 0 Å². The Labute approximate surface area is 126 Å². The molecule has 7 heteroatoms. The molecule has 1 fully saturated rings. The monoisotopic (exact) mass is 313 g/mol. The first-order valence-corrected chi connectivity index (χ1v) is 8.66. The summed E-state index contributed by atoms with van der Waals surface area (Å²) in [4.78, 5) is 0. The molecule has 3 N–H and O–H groups in total. The third kappa shape index (κ3) is 4.59. The Bertz CT molecular complexity index is 537. The third-order valence-corrected chi connectivity index (χ3v) is 5.11. The quantitative estimate of drug-likeness (QED) is 0.831. The molecule has 1 aliphatic heterocycles. The summed E-state index contributed by atoms with van der Waals surface area (Å²) in [6.45, 7) is 4.19. The van der Waals surface area contributed by atoms with Gasteiger partial charge in [-0.1, -0.05) is 6.92 Å². The summed E-state index contributed by atoms with van der Waals surface area (Å²) in [5.74, 6) is 1.27. The van der Waals surface area contributed by atoms with Crippen LogP contribution in [0.2, 0.25) is 0 Å². The predicted molar refractivity (Wildman–Crippen MR) is 83.5 cm³/mol. The molecule has 0 aromatic heterocycles. The molecule has 0 amide bonds. The molecule has 0 bridgehead atoms. The number of hydrogen-bond acceptors (Lipinski definition) is 4. The number of hydrogen-bond donors (Lipinski definition) is 2. The van der Waals surface area contributed by atoms with E-state index in [4.69, 9.17) is 10.5 Å². The highest BCUT2D eigenvalue weighted by molar-refractivity contribution is 7.90. The maximum Gasteiger partial charge on any atom is 0.301 e. The number of rotatable bonds is 6. The Kier molecular flexibility index (Phi) is 5.44. The molecule has 6 nitrogen and oxygen atoms in total. The summed E-state index contributed by atoms with van der Waals surface area (Å²) in [6, 6.07) is 6.84. The Morgan fingerprint density at radius 3 is 2.48 bits per heavy atom. The van der Waals surface area contributed by atoms with Crippen LogP contribution in [0, 0.1) is 5.92 Å². The number of benzene rings is 1. The normalized spacial score (nSPS) is 17.6. The summed E-state index contributed by atoms with van der Waals surface area (Å²) in [7, 11) is -3.47. The molecule has 1 aromatic carbocycles. The molecular weight excluding hydrogens is 290 g/mol. The maximum absolute atomic E-state index is 12.3. The lowest BCUT2D eigenvalue weighted by Gasteiger charge is -2.29. The van der Waals surface area contributed by atoms with Gasteiger partial charge in [0.1, 0.15) is 12.4 Å². The highest BCUT2D eigenvalue weighted by Crippen LogP contribution is 2.21. The highest BCUT2D eigenvalue weighted by atomic mass is 32.2. The fourth-order valence-corrected chi connectivity index (χ4v) is 3.49. The van der Waals surface area contributed by atoms with Crippen LogP contribution >= 0.6 is 0 Å². The second kappa shape index (κ2) is 7.11. The van der Waals surface area contributed by atoms with E-state index in [-0.39, 0.29) is 0 Å². The Balaban J connectivity index is 1.96. The van der Waals surface area contributed by atoms with Crippen molar-refractivity contribution in [3.05, 3.63) is 24.3 Å². The fraction of sp³-hybridized carbons (Fsp3) is 0.571. The average Bonchev–Trinajstić information content (AvgIpc) is 2.47. The molecule has 2 rings (SSSR count). The molecular formula is C14H23N3O3S. The second-order valence-corrected chi connectivity index (χ2v) is 7.02. The predicted octanol–water partition coefficient (Wildman–Crippen LogP) is 1.41. The van der Waals surface area contributed by atoms with Crippen LogP contribution in [0.4, 0.5) is 5.69 Å². The van der Waals surface area contributed by atoms with Crippen molar-refractivity contribution in [2.24, 2.45) is 11.7 Å². The molecule has 1 heterocycles. The SMILES string of the molecule is CC1CCN(S(=O)(=O)Nc2ccc(OCCN)cc2)CC1. The molecule has 21 heavy (non-hydrogen) atoms. The van der Waals surface area contributed by atoms with Gasteiger partial charge in [0.05, 0.1) is 5.69 Å². The average molecular weight is 313 g/mol. The molecule has 1 saturated heterocycles. The van der Waals surface area contributed by atoms with E-state index in [1.165, 1.54) is 4.31 Å². The molecule has 0 radical (unpaired) electrons. The molecule has 0 unspecified atom stereocenters. The van der Waals surface area contributed by atoms with Gasteiger partial charge < -0.3 is 10.5 Å². The third-order valence-electron chi connectivity index (χ3n) is 3.57. The fourth-order valence-electron chi connectivity index (χ4n) is 2.23. The lowest BCUT2D eigenvalue weighted by Crippen LogP contribution is -2.41. The van der Waals surface area contributed by atoms with Crippen LogP contribution in [0.3, 0.4) is 0 Å². The number of anilines is 1. The first-order valence-electron chi connectivity index (χ1n) is 7.22. The van der Waals surface area contributed by atoms with Gasteiger partial charge in [-0.15, -0.1) is 0 Å². The second-order valence-electron chi connectivity index (χ2n) is 5.35. The van der Waals surface area contributed by atoms with Crippen molar-refractivity contribution in [1.82, 2.24) is 4.31 Å². The van der Waals surface area contributed by atoms with E-state index in [2.05, 4.69) is 11.6 Å². The zero-order valence-corrected chi connectivity index (χ0v) is 13.1. The number of nitrogens with two attached hydrogens (primary N) is 1. The first-order chi connectivity index (χ1) is 10.0. The number of nitrogens with zero attached hydrogens (tertiary/aromatic N) is 1. The van der Waals surface area contributed by atoms with Crippen molar-refractivity contribution >= 4 is 15.9 Å². The number of ether oxygens (including phenoxy) is 1. The lowest BCUT2D eigenvalue weighted by atomic mass is 10.0. The van der Waals surface area contributed by atoms with Gasteiger partial charge in [-0.3, -0.25) is 4.72 Å². The van der Waals surface area contributed by atoms with Crippen LogP contribution in [0.5, 0.6) is 5.75 Å². The van der Waals surface area contributed by atoms with E-state index in [0.29, 0.717) is 43.6 Å². The van der Waals surface area contributed by atoms with E-state index in [1.807, 2.05) is 0 Å². The van der Waals surface area contributed by atoms with Crippen LogP contribution in [0.15, 0.2) is 24.3 Å². The minimum atomic E-state index is -3.47. The Morgan fingerprint density at radius 1 is 1.29 bits per heavy atom. The van der Waals surface area contributed by atoms with E-state index in [0.717, 1.165) is 12.8 Å². The highest BCUT2D eigenvalue weighted by Gasteiger charge is 2.26. The minimum Gasteiger partial charge on any atom is -0.492 e. The van der Waals surface area contributed by atoms with Crippen LogP contribution in [0.1, 0.15) is 19.8 Å². The van der Waals surface area contributed by atoms with Crippen LogP contribution in [-0.4, -0.2) is 39.0 Å². The van der Waals surface area contributed by atoms with Gasteiger partial charge in [0, 0.05) is 19.6 Å². The molecule has 0 saturated carbocycles. The van der Waals surface area contributed by atoms with E-state index in [9.17, 15) is 8.42 Å². The van der Waals surface area contributed by atoms with Crippen molar-refractivity contribution < 1.29 is 13.2 Å². The van der Waals surface area contributed by atoms with Gasteiger partial charge in [-0.25, -0.2) is 0 Å². The van der Waals surface area contributed by atoms with Crippen molar-refractivity contribution in [3.63, 3.8) is 0 Å². The molecule has 118 valence electrons. The Hall–Kier alpha value is -1.31. The zero-order chi connectivity index (χ0) is 15.3. The standard InChI is InChI=1S/C14H23N3O3S/c1-12-6-9-17(10-7-12)21(18,19)16-13-2-4-14(5-3-13)20-11-8-15/h2-5,12,16H,6-11,15H2,1H3. The zero-order valence-electron chi connectivity index (χ0n) is 12.3. The molecule has 1 aromatic rings. The largest absolute Gasteiger partial charge is 0.492 e. The molecule has 1 aliphatic rings. The maximum atomic E-state index is 12.3. The van der Waals surface area contributed by atoms with Crippen molar-refractivity contribution in [2.75, 3.05) is 31.0 Å². The van der Waals surface area contributed by atoms with Crippen LogP contribution in [-0.2, 0) is 10.2 Å². The van der Waals surface area contributed by atoms with E-state index < -0.39 is 10.2 Å². The topological polar surface area (TPSA) is 84.7 Å². The van der Waals surface area contributed by atoms with Gasteiger partial charge in [0.25, 0.3) is 0 Å². The number of nitrogens with one attached hydrogen (secondary N) is 1. The lowest BCUT2D eigenvalue weighted by molar-refractivity contribution is 0.289. The van der Waals surface area contributed by atoms with Crippen molar-refractivity contribution in [3.8, 4) is 5.75 Å². The van der Waals surface area contributed by atoms with Crippen molar-refractivity contribution in [2.45, 2.75) is 19.8 Å². The minimum absolute atomic E-state index is 0.442. The summed E-state index contributed by atoms with van der Waals surface area (Å²) in [6.07, 6.45) is 1.82. The number of piperidine rings is 1. The smallest absolute Gasteiger partial charge is 0.301 e. The first kappa shape index (κ1) is 16.1. The van der Waals surface area contributed by atoms with Gasteiger partial charge in [-0.05, 0) is 43.0 Å². The Morgan fingerprint density at radius 2 is 1.90 bits per heavy atom. The van der Waals surface area contributed by atoms with Crippen LogP contribution < -0.4 is 15.2 Å². The van der Waals surface area contributed by atoms with Gasteiger partial charge >= 0.3 is 10.2 Å². The van der Waals surface area contributed by atoms with E-state index in [1.54, 1.807) is 24.3 Å². The van der Waals surface area contributed by atoms with Gasteiger partial charge in [-0.2, -0.15) is 12.7 Å². The van der Waals surface area contributed by atoms with E-state index >= 15 is 0 Å². The summed E-state index contributed by atoms with van der Waals surface area (Å²) < 4.78 is 34.0. The van der Waals surface area contributed by atoms with Gasteiger partial charge in [0.2, 0.25) is 0 Å².